The van der Waals surface area contributed by atoms with E-state index in [1.54, 1.807) is 6.92 Å². The number of alkyl halides is 2. The monoisotopic (exact) mass is 271 g/mol. The number of carbonyl (C=O) groups is 1. The summed E-state index contributed by atoms with van der Waals surface area (Å²) in [6.45, 7) is 1.54. The first-order valence-electron chi connectivity index (χ1n) is 5.32. The molecule has 0 bridgehead atoms. The van der Waals surface area contributed by atoms with Crippen molar-refractivity contribution in [3.05, 3.63) is 0 Å². The van der Waals surface area contributed by atoms with Crippen molar-refractivity contribution < 1.29 is 27.1 Å². The van der Waals surface area contributed by atoms with Gasteiger partial charge >= 0.3 is 11.7 Å². The molecule has 1 saturated heterocycles. The summed E-state index contributed by atoms with van der Waals surface area (Å²) in [6.07, 6.45) is 0.843. The molecule has 0 aliphatic carbocycles. The van der Waals surface area contributed by atoms with Crippen molar-refractivity contribution in [3.8, 4) is 0 Å². The molecule has 8 heteroatoms. The smallest absolute Gasteiger partial charge is 0.350 e. The Kier molecular flexibility index (Phi) is 4.08. The molecule has 1 aliphatic heterocycles. The van der Waals surface area contributed by atoms with E-state index in [1.165, 1.54) is 0 Å². The van der Waals surface area contributed by atoms with E-state index in [0.29, 0.717) is 10.7 Å². The summed E-state index contributed by atoms with van der Waals surface area (Å²) in [4.78, 5) is 11.2. The zero-order chi connectivity index (χ0) is 13.3. The molecule has 5 nitrogen and oxygen atoms in total. The van der Waals surface area contributed by atoms with Crippen molar-refractivity contribution in [1.29, 1.82) is 0 Å². The van der Waals surface area contributed by atoms with Crippen LogP contribution in [0.15, 0.2) is 0 Å². The topological polar surface area (TPSA) is 74.7 Å². The number of carboxylic acids is 1. The number of carboxylic acid groups (broad SMARTS) is 1. The molecule has 100 valence electrons. The Balaban J connectivity index is 3.18. The van der Waals surface area contributed by atoms with E-state index >= 15 is 0 Å². The van der Waals surface area contributed by atoms with Crippen LogP contribution in [0.5, 0.6) is 0 Å². The minimum atomic E-state index is -4.83. The minimum absolute atomic E-state index is 0.0499. The van der Waals surface area contributed by atoms with Crippen LogP contribution >= 0.6 is 0 Å². The van der Waals surface area contributed by atoms with E-state index in [4.69, 9.17) is 5.11 Å². The van der Waals surface area contributed by atoms with Gasteiger partial charge in [-0.2, -0.15) is 13.1 Å². The molecule has 1 N–H and O–H groups in total. The van der Waals surface area contributed by atoms with Gasteiger partial charge in [0.1, 0.15) is 5.54 Å². The zero-order valence-corrected chi connectivity index (χ0v) is 10.2. The minimum Gasteiger partial charge on any atom is -0.480 e. The van der Waals surface area contributed by atoms with Crippen LogP contribution < -0.4 is 0 Å². The van der Waals surface area contributed by atoms with Gasteiger partial charge in [-0.1, -0.05) is 13.3 Å². The maximum atomic E-state index is 12.5. The highest BCUT2D eigenvalue weighted by molar-refractivity contribution is 7.89. The molecule has 1 fully saturated rings. The fourth-order valence-electron chi connectivity index (χ4n) is 2.30. The number of rotatable bonds is 5. The predicted octanol–water partition coefficient (Wildman–Crippen LogP) is 1.26. The maximum absolute atomic E-state index is 12.5. The normalized spacial score (nSPS) is 26.6. The lowest BCUT2D eigenvalue weighted by Gasteiger charge is -2.33. The molecule has 1 rings (SSSR count). The second kappa shape index (κ2) is 4.85. The van der Waals surface area contributed by atoms with Crippen LogP contribution in [-0.2, 0) is 14.8 Å². The number of nitrogens with zero attached hydrogens (tertiary/aromatic N) is 1. The van der Waals surface area contributed by atoms with Gasteiger partial charge in [0.15, 0.2) is 0 Å². The van der Waals surface area contributed by atoms with Crippen LogP contribution in [-0.4, -0.2) is 41.6 Å². The Bertz CT molecular complexity index is 398. The van der Waals surface area contributed by atoms with Crippen molar-refractivity contribution in [2.75, 3.05) is 6.54 Å². The average Bonchev–Trinajstić information content (AvgIpc) is 2.63. The first-order chi connectivity index (χ1) is 7.79. The highest BCUT2D eigenvalue weighted by Gasteiger charge is 2.54. The summed E-state index contributed by atoms with van der Waals surface area (Å²) in [5, 5.41) is 9.16. The molecular formula is C9H15F2NO4S. The maximum Gasteiger partial charge on any atom is 0.350 e. The van der Waals surface area contributed by atoms with Gasteiger partial charge in [-0.3, -0.25) is 4.79 Å². The lowest BCUT2D eigenvalue weighted by molar-refractivity contribution is -0.147. The van der Waals surface area contributed by atoms with E-state index in [1.807, 2.05) is 0 Å². The van der Waals surface area contributed by atoms with Gasteiger partial charge in [0, 0.05) is 6.54 Å². The molecule has 0 aromatic carbocycles. The number of hydrogen-bond donors (Lipinski definition) is 1. The first-order valence-corrected chi connectivity index (χ1v) is 6.82. The van der Waals surface area contributed by atoms with Crippen molar-refractivity contribution in [2.24, 2.45) is 0 Å². The Morgan fingerprint density at radius 1 is 1.53 bits per heavy atom. The van der Waals surface area contributed by atoms with Gasteiger partial charge in [-0.05, 0) is 19.3 Å². The van der Waals surface area contributed by atoms with Gasteiger partial charge in [0.25, 0.3) is 10.0 Å². The Morgan fingerprint density at radius 2 is 2.12 bits per heavy atom. The molecule has 0 aromatic rings. The van der Waals surface area contributed by atoms with Crippen LogP contribution in [0.2, 0.25) is 0 Å². The molecule has 0 radical (unpaired) electrons. The van der Waals surface area contributed by atoms with Gasteiger partial charge in [-0.15, -0.1) is 0 Å². The van der Waals surface area contributed by atoms with Crippen LogP contribution in [0.1, 0.15) is 32.6 Å². The fourth-order valence-corrected chi connectivity index (χ4v) is 3.63. The van der Waals surface area contributed by atoms with Crippen LogP contribution in [0.25, 0.3) is 0 Å². The van der Waals surface area contributed by atoms with Gasteiger partial charge in [-0.25, -0.2) is 8.42 Å². The van der Waals surface area contributed by atoms with E-state index in [2.05, 4.69) is 0 Å². The third-order valence-corrected chi connectivity index (χ3v) is 4.62. The van der Waals surface area contributed by atoms with Crippen molar-refractivity contribution in [3.63, 3.8) is 0 Å². The van der Waals surface area contributed by atoms with Crippen LogP contribution in [0.3, 0.4) is 0 Å². The molecule has 1 aliphatic rings. The lowest BCUT2D eigenvalue weighted by Crippen LogP contribution is -2.54. The fraction of sp³-hybridized carbons (Fsp3) is 0.889. The SMILES string of the molecule is CCCC1(C(=O)O)CCCN1S(=O)(=O)C(F)F. The molecule has 1 heterocycles. The van der Waals surface area contributed by atoms with E-state index in [9.17, 15) is 22.0 Å². The lowest BCUT2D eigenvalue weighted by atomic mass is 9.92. The molecular weight excluding hydrogens is 256 g/mol. The summed E-state index contributed by atoms with van der Waals surface area (Å²) in [5.41, 5.74) is -1.69. The van der Waals surface area contributed by atoms with E-state index < -0.39 is 27.3 Å². The molecule has 1 unspecified atom stereocenters. The number of hydrogen-bond acceptors (Lipinski definition) is 3. The second-order valence-corrected chi connectivity index (χ2v) is 5.90. The zero-order valence-electron chi connectivity index (χ0n) is 9.40. The summed E-state index contributed by atoms with van der Waals surface area (Å²) in [7, 11) is -4.83. The third kappa shape index (κ3) is 2.28. The molecule has 1 atom stereocenters. The molecule has 17 heavy (non-hydrogen) atoms. The van der Waals surface area contributed by atoms with Gasteiger partial charge in [0.2, 0.25) is 0 Å². The van der Waals surface area contributed by atoms with Crippen molar-refractivity contribution in [2.45, 2.75) is 43.9 Å². The number of sulfonamides is 1. The summed E-state index contributed by atoms with van der Waals surface area (Å²) in [5.74, 6) is -4.92. The Morgan fingerprint density at radius 3 is 2.53 bits per heavy atom. The van der Waals surface area contributed by atoms with E-state index in [0.717, 1.165) is 0 Å². The number of aliphatic carboxylic acids is 1. The van der Waals surface area contributed by atoms with Crippen LogP contribution in [0, 0.1) is 0 Å². The summed E-state index contributed by atoms with van der Waals surface area (Å²) >= 11 is 0. The van der Waals surface area contributed by atoms with Crippen molar-refractivity contribution >= 4 is 16.0 Å². The molecule has 0 amide bonds. The largest absolute Gasteiger partial charge is 0.480 e. The Hall–Kier alpha value is -0.760. The molecule has 0 aromatic heterocycles. The van der Waals surface area contributed by atoms with Crippen molar-refractivity contribution in [1.82, 2.24) is 4.31 Å². The standard InChI is InChI=1S/C9H15F2NO4S/c1-2-4-9(7(13)14)5-3-6-12(9)17(15,16)8(10)11/h8H,2-6H2,1H3,(H,13,14). The Labute approximate surface area is 98.5 Å². The van der Waals surface area contributed by atoms with E-state index in [-0.39, 0.29) is 25.8 Å². The highest BCUT2D eigenvalue weighted by atomic mass is 32.2. The number of halogens is 2. The molecule has 0 spiro atoms. The predicted molar refractivity (Wildman–Crippen MR) is 56.1 cm³/mol. The van der Waals surface area contributed by atoms with Crippen LogP contribution in [0.4, 0.5) is 8.78 Å². The first kappa shape index (κ1) is 14.3. The third-order valence-electron chi connectivity index (χ3n) is 3.02. The highest BCUT2D eigenvalue weighted by Crippen LogP contribution is 2.37. The summed E-state index contributed by atoms with van der Waals surface area (Å²) in [6, 6.07) is 0. The van der Waals surface area contributed by atoms with Gasteiger partial charge < -0.3 is 5.11 Å². The summed E-state index contributed by atoms with van der Waals surface area (Å²) < 4.78 is 48.3. The quantitative estimate of drug-likeness (QED) is 0.816. The average molecular weight is 271 g/mol. The molecule has 0 saturated carbocycles. The van der Waals surface area contributed by atoms with Gasteiger partial charge in [0.05, 0.1) is 0 Å². The second-order valence-electron chi connectivity index (χ2n) is 4.07.